The van der Waals surface area contributed by atoms with Crippen LogP contribution in [0, 0.1) is 11.0 Å². The molecular formula is C22H20ClF3N6O2. The van der Waals surface area contributed by atoms with Gasteiger partial charge >= 0.3 is 0 Å². The first kappa shape index (κ1) is 23.7. The smallest absolute Gasteiger partial charge is 0.264 e. The summed E-state index contributed by atoms with van der Waals surface area (Å²) in [5.41, 5.74) is 0.787. The SMILES string of the molecule is COCC[C@@H](c1ccc(-c2c(C(F)F)ccc(Cl)c2F)c[n+]1[O-])n1cc(-c2cnnn2C)cn1. The van der Waals surface area contributed by atoms with Crippen molar-refractivity contribution in [3.05, 3.63) is 76.4 Å². The highest BCUT2D eigenvalue weighted by molar-refractivity contribution is 6.31. The monoisotopic (exact) mass is 492 g/mol. The van der Waals surface area contributed by atoms with Gasteiger partial charge in [0.05, 0.1) is 28.7 Å². The predicted molar refractivity (Wildman–Crippen MR) is 118 cm³/mol. The highest BCUT2D eigenvalue weighted by Crippen LogP contribution is 2.36. The number of halogens is 4. The number of aryl methyl sites for hydroxylation is 1. The second kappa shape index (κ2) is 9.82. The van der Waals surface area contributed by atoms with Crippen molar-refractivity contribution in [1.29, 1.82) is 0 Å². The Hall–Kier alpha value is -3.44. The van der Waals surface area contributed by atoms with E-state index >= 15 is 0 Å². The second-order valence-corrected chi connectivity index (χ2v) is 7.95. The Bertz CT molecular complexity index is 1310. The van der Waals surface area contributed by atoms with Crippen LogP contribution in [0.3, 0.4) is 0 Å². The van der Waals surface area contributed by atoms with Crippen molar-refractivity contribution < 1.29 is 22.6 Å². The van der Waals surface area contributed by atoms with E-state index in [2.05, 4.69) is 15.4 Å². The van der Waals surface area contributed by atoms with E-state index in [1.54, 1.807) is 35.0 Å². The molecule has 4 rings (SSSR count). The van der Waals surface area contributed by atoms with Crippen molar-refractivity contribution in [2.24, 2.45) is 7.05 Å². The Morgan fingerprint density at radius 3 is 2.62 bits per heavy atom. The first-order valence-corrected chi connectivity index (χ1v) is 10.6. The van der Waals surface area contributed by atoms with Gasteiger partial charge < -0.3 is 9.94 Å². The zero-order valence-corrected chi connectivity index (χ0v) is 19.0. The van der Waals surface area contributed by atoms with Crippen molar-refractivity contribution in [1.82, 2.24) is 24.8 Å². The quantitative estimate of drug-likeness (QED) is 0.270. The van der Waals surface area contributed by atoms with Gasteiger partial charge in [-0.05, 0) is 12.1 Å². The van der Waals surface area contributed by atoms with Crippen molar-refractivity contribution in [3.63, 3.8) is 0 Å². The molecule has 0 saturated heterocycles. The van der Waals surface area contributed by atoms with Crippen LogP contribution in [-0.2, 0) is 11.8 Å². The number of hydrogen-bond acceptors (Lipinski definition) is 5. The molecule has 0 bridgehead atoms. The molecule has 0 saturated carbocycles. The van der Waals surface area contributed by atoms with Gasteiger partial charge in [-0.25, -0.2) is 17.9 Å². The maximum atomic E-state index is 14.7. The number of ether oxygens (including phenoxy) is 1. The highest BCUT2D eigenvalue weighted by Gasteiger charge is 2.26. The Labute approximate surface area is 197 Å². The lowest BCUT2D eigenvalue weighted by Crippen LogP contribution is -2.36. The topological polar surface area (TPSA) is 84.7 Å². The van der Waals surface area contributed by atoms with Crippen molar-refractivity contribution in [2.75, 3.05) is 13.7 Å². The first-order valence-electron chi connectivity index (χ1n) is 10.2. The summed E-state index contributed by atoms with van der Waals surface area (Å²) in [6.45, 7) is 0.327. The molecule has 1 atom stereocenters. The van der Waals surface area contributed by atoms with E-state index in [0.29, 0.717) is 17.8 Å². The fourth-order valence-corrected chi connectivity index (χ4v) is 3.93. The Balaban J connectivity index is 1.75. The Morgan fingerprint density at radius 1 is 1.18 bits per heavy atom. The third-order valence-electron chi connectivity index (χ3n) is 5.46. The molecule has 8 nitrogen and oxygen atoms in total. The number of aromatic nitrogens is 6. The molecule has 0 spiro atoms. The van der Waals surface area contributed by atoms with Crippen LogP contribution < -0.4 is 4.73 Å². The number of benzene rings is 1. The van der Waals surface area contributed by atoms with E-state index in [4.69, 9.17) is 16.3 Å². The van der Waals surface area contributed by atoms with Gasteiger partial charge in [0.25, 0.3) is 6.43 Å². The van der Waals surface area contributed by atoms with E-state index < -0.39 is 29.4 Å². The maximum Gasteiger partial charge on any atom is 0.264 e. The van der Waals surface area contributed by atoms with E-state index in [1.807, 2.05) is 0 Å². The minimum Gasteiger partial charge on any atom is -0.618 e. The van der Waals surface area contributed by atoms with Gasteiger partial charge in [-0.2, -0.15) is 9.83 Å². The summed E-state index contributed by atoms with van der Waals surface area (Å²) in [6, 6.07) is 4.45. The number of rotatable bonds is 8. The van der Waals surface area contributed by atoms with E-state index in [1.165, 1.54) is 19.2 Å². The molecule has 3 heterocycles. The van der Waals surface area contributed by atoms with Crippen LogP contribution in [0.5, 0.6) is 0 Å². The van der Waals surface area contributed by atoms with Gasteiger partial charge in [0.15, 0.2) is 6.20 Å². The maximum absolute atomic E-state index is 14.7. The Kier molecular flexibility index (Phi) is 6.85. The molecule has 4 aromatic rings. The summed E-state index contributed by atoms with van der Waals surface area (Å²) in [7, 11) is 3.28. The lowest BCUT2D eigenvalue weighted by Gasteiger charge is -2.18. The summed E-state index contributed by atoms with van der Waals surface area (Å²) in [4.78, 5) is 0. The summed E-state index contributed by atoms with van der Waals surface area (Å²) < 4.78 is 50.6. The standard InChI is InChI=1S/C22H20ClF3N6O2/c1-30-19(10-27-29-30)14-9-28-31(11-14)17(7-8-34-2)18-6-3-13(12-32(18)33)20-15(22(25)26)4-5-16(23)21(20)24/h3-6,9-12,17,22H,7-8H2,1-2H3/t17-/m0/s1. The average Bonchev–Trinajstić information content (AvgIpc) is 3.45. The molecule has 0 aliphatic carbocycles. The van der Waals surface area contributed by atoms with Gasteiger partial charge in [-0.15, -0.1) is 5.10 Å². The molecule has 178 valence electrons. The molecule has 0 aliphatic rings. The zero-order chi connectivity index (χ0) is 24.4. The molecule has 3 aromatic heterocycles. The third kappa shape index (κ3) is 4.48. The van der Waals surface area contributed by atoms with Gasteiger partial charge in [0.1, 0.15) is 11.9 Å². The molecule has 0 fully saturated rings. The number of methoxy groups -OCH3 is 1. The normalized spacial score (nSPS) is 12.4. The Morgan fingerprint density at radius 2 is 1.97 bits per heavy atom. The minimum atomic E-state index is -2.94. The van der Waals surface area contributed by atoms with Crippen LogP contribution in [0.1, 0.15) is 30.1 Å². The van der Waals surface area contributed by atoms with Crippen LogP contribution in [0.2, 0.25) is 5.02 Å². The minimum absolute atomic E-state index is 0.0124. The molecule has 0 unspecified atom stereocenters. The number of nitrogens with zero attached hydrogens (tertiary/aromatic N) is 6. The van der Waals surface area contributed by atoms with Crippen LogP contribution in [0.4, 0.5) is 13.2 Å². The number of alkyl halides is 2. The highest BCUT2D eigenvalue weighted by atomic mass is 35.5. The fourth-order valence-electron chi connectivity index (χ4n) is 3.78. The van der Waals surface area contributed by atoms with Gasteiger partial charge in [-0.3, -0.25) is 4.68 Å². The number of hydrogen-bond donors (Lipinski definition) is 0. The summed E-state index contributed by atoms with van der Waals surface area (Å²) in [6.07, 6.45) is 3.48. The second-order valence-electron chi connectivity index (χ2n) is 7.54. The van der Waals surface area contributed by atoms with Crippen molar-refractivity contribution in [2.45, 2.75) is 18.9 Å². The predicted octanol–water partition coefficient (Wildman–Crippen LogP) is 4.34. The molecule has 12 heteroatoms. The van der Waals surface area contributed by atoms with Gasteiger partial charge in [0.2, 0.25) is 5.69 Å². The number of pyridine rings is 1. The van der Waals surface area contributed by atoms with Gasteiger partial charge in [0, 0.05) is 56.1 Å². The largest absolute Gasteiger partial charge is 0.618 e. The van der Waals surface area contributed by atoms with E-state index in [-0.39, 0.29) is 16.3 Å². The summed E-state index contributed by atoms with van der Waals surface area (Å²) in [5, 5.41) is 24.9. The van der Waals surface area contributed by atoms with E-state index in [9.17, 15) is 18.4 Å². The van der Waals surface area contributed by atoms with Crippen LogP contribution in [0.25, 0.3) is 22.4 Å². The van der Waals surface area contributed by atoms with Crippen LogP contribution in [-0.4, -0.2) is 38.5 Å². The lowest BCUT2D eigenvalue weighted by atomic mass is 9.99. The zero-order valence-electron chi connectivity index (χ0n) is 18.2. The molecule has 0 N–H and O–H groups in total. The van der Waals surface area contributed by atoms with Gasteiger partial charge in [-0.1, -0.05) is 22.9 Å². The van der Waals surface area contributed by atoms with Crippen LogP contribution in [0.15, 0.2) is 49.1 Å². The molecule has 1 aromatic carbocycles. The van der Waals surface area contributed by atoms with Crippen molar-refractivity contribution >= 4 is 11.6 Å². The molecule has 34 heavy (non-hydrogen) atoms. The van der Waals surface area contributed by atoms with Crippen LogP contribution >= 0.6 is 11.6 Å². The lowest BCUT2D eigenvalue weighted by molar-refractivity contribution is -0.615. The average molecular weight is 493 g/mol. The molecular weight excluding hydrogens is 473 g/mol. The summed E-state index contributed by atoms with van der Waals surface area (Å²) in [5.74, 6) is -1.01. The molecule has 0 aliphatic heterocycles. The molecule has 0 radical (unpaired) electrons. The third-order valence-corrected chi connectivity index (χ3v) is 5.76. The van der Waals surface area contributed by atoms with E-state index in [0.717, 1.165) is 29.6 Å². The fraction of sp³-hybridized carbons (Fsp3) is 0.273. The van der Waals surface area contributed by atoms with Crippen molar-refractivity contribution in [3.8, 4) is 22.4 Å². The molecule has 0 amide bonds. The summed E-state index contributed by atoms with van der Waals surface area (Å²) >= 11 is 5.81. The first-order chi connectivity index (χ1) is 16.3.